The van der Waals surface area contributed by atoms with E-state index in [1.165, 1.54) is 0 Å². The van der Waals surface area contributed by atoms with Gasteiger partial charge in [0.05, 0.1) is 0 Å². The van der Waals surface area contributed by atoms with Gasteiger partial charge in [-0.05, 0) is 0 Å². The van der Waals surface area contributed by atoms with Crippen LogP contribution in [0.1, 0.15) is 0 Å². The Morgan fingerprint density at radius 2 is 2.00 bits per heavy atom. The van der Waals surface area contributed by atoms with Crippen LogP contribution >= 0.6 is 0 Å². The molecular weight excluding hydrogens is 181 g/mol. The Balaban J connectivity index is 0. The Morgan fingerprint density at radius 3 is 2.33 bits per heavy atom. The van der Waals surface area contributed by atoms with Crippen molar-refractivity contribution in [2.75, 3.05) is 6.54 Å². The Kier molecular flexibility index (Phi) is 10.0. The summed E-state index contributed by atoms with van der Waals surface area (Å²) in [5, 5.41) is 19.5. The summed E-state index contributed by atoms with van der Waals surface area (Å²) in [6, 6.07) is 3.36. The third-order valence-electron chi connectivity index (χ3n) is 0.858. The van der Waals surface area contributed by atoms with Gasteiger partial charge in [-0.2, -0.15) is 10.5 Å². The first-order chi connectivity index (χ1) is 5.26. The molecule has 0 radical (unpaired) electrons. The van der Waals surface area contributed by atoms with E-state index in [1.54, 1.807) is 18.2 Å². The van der Waals surface area contributed by atoms with Gasteiger partial charge in [0.2, 0.25) is 0 Å². The van der Waals surface area contributed by atoms with Crippen molar-refractivity contribution >= 4 is 12.6 Å². The topological polar surface area (TPSA) is 59.6 Å². The van der Waals surface area contributed by atoms with E-state index in [-0.39, 0.29) is 40.2 Å². The normalized spacial score (nSPS) is 6.50. The van der Waals surface area contributed by atoms with Crippen LogP contribution in [0, 0.1) is 22.7 Å². The minimum atomic E-state index is -0.0677. The molecule has 3 nitrogen and oxygen atoms in total. The second-order valence-corrected chi connectivity index (χ2v) is 2.01. The zero-order valence-electron chi connectivity index (χ0n) is 6.79. The van der Waals surface area contributed by atoms with Gasteiger partial charge in [-0.1, -0.05) is 11.1 Å². The van der Waals surface area contributed by atoms with Crippen molar-refractivity contribution in [3.05, 3.63) is 23.3 Å². The predicted octanol–water partition coefficient (Wildman–Crippen LogP) is -2.43. The van der Waals surface area contributed by atoms with Crippen molar-refractivity contribution in [2.24, 2.45) is 0 Å². The number of rotatable bonds is 3. The van der Waals surface area contributed by atoms with E-state index in [0.29, 0.717) is 6.54 Å². The Hall–Kier alpha value is -0.520. The van der Waals surface area contributed by atoms with E-state index in [2.05, 4.69) is 11.9 Å². The zero-order valence-corrected chi connectivity index (χ0v) is 9.61. The van der Waals surface area contributed by atoms with Gasteiger partial charge in [-0.15, -0.1) is 6.58 Å². The summed E-state index contributed by atoms with van der Waals surface area (Å²) in [6.45, 7) is 3.91. The second-order valence-electron chi connectivity index (χ2n) is 1.60. The van der Waals surface area contributed by atoms with Gasteiger partial charge in [-0.3, -0.25) is 0 Å². The Morgan fingerprint density at radius 1 is 1.50 bits per heavy atom. The van der Waals surface area contributed by atoms with Crippen molar-refractivity contribution in [3.8, 4) is 12.1 Å². The fraction of sp³-hybridized carbons (Fsp3) is 0.143. The zero-order chi connectivity index (χ0) is 8.69. The SMILES string of the molecule is C=CCNC([S-])=C(C#N)C#N.[Na+]. The third kappa shape index (κ3) is 5.17. The summed E-state index contributed by atoms with van der Waals surface area (Å²) in [6.07, 6.45) is 1.60. The van der Waals surface area contributed by atoms with Crippen molar-refractivity contribution in [2.45, 2.75) is 0 Å². The van der Waals surface area contributed by atoms with Crippen LogP contribution in [0.4, 0.5) is 0 Å². The van der Waals surface area contributed by atoms with Crippen LogP contribution in [-0.4, -0.2) is 6.54 Å². The molecule has 0 aromatic rings. The maximum Gasteiger partial charge on any atom is 1.00 e. The molecule has 0 unspecified atom stereocenters. The molecule has 0 heterocycles. The number of nitrogens with zero attached hydrogens (tertiary/aromatic N) is 2. The van der Waals surface area contributed by atoms with Crippen molar-refractivity contribution in [1.82, 2.24) is 5.32 Å². The van der Waals surface area contributed by atoms with E-state index in [0.717, 1.165) is 0 Å². The maximum atomic E-state index is 8.33. The van der Waals surface area contributed by atoms with E-state index in [4.69, 9.17) is 23.2 Å². The molecule has 0 rings (SSSR count). The number of allylic oxidation sites excluding steroid dienone is 1. The van der Waals surface area contributed by atoms with Gasteiger partial charge in [-0.25, -0.2) is 0 Å². The fourth-order valence-electron chi connectivity index (χ4n) is 0.380. The second kappa shape index (κ2) is 8.58. The van der Waals surface area contributed by atoms with Crippen molar-refractivity contribution in [3.63, 3.8) is 0 Å². The molecular formula is C7H6N3NaS. The fourth-order valence-corrected chi connectivity index (χ4v) is 0.554. The average molecular weight is 187 g/mol. The number of hydrogen-bond acceptors (Lipinski definition) is 4. The van der Waals surface area contributed by atoms with Gasteiger partial charge >= 0.3 is 29.6 Å². The first-order valence-corrected chi connectivity index (χ1v) is 3.23. The summed E-state index contributed by atoms with van der Waals surface area (Å²) < 4.78 is 0. The quantitative estimate of drug-likeness (QED) is 0.231. The summed E-state index contributed by atoms with van der Waals surface area (Å²) in [4.78, 5) is 0. The van der Waals surface area contributed by atoms with Crippen LogP contribution in [0.2, 0.25) is 0 Å². The third-order valence-corrected chi connectivity index (χ3v) is 1.21. The molecule has 5 heteroatoms. The first kappa shape index (κ1) is 14.0. The van der Waals surface area contributed by atoms with Gasteiger partial charge in [0.1, 0.15) is 17.7 Å². The molecule has 0 saturated carbocycles. The maximum absolute atomic E-state index is 8.33. The van der Waals surface area contributed by atoms with Crippen LogP contribution in [0.15, 0.2) is 23.3 Å². The van der Waals surface area contributed by atoms with E-state index < -0.39 is 0 Å². The van der Waals surface area contributed by atoms with Crippen LogP contribution in [0.25, 0.3) is 0 Å². The Labute approximate surface area is 99.5 Å². The van der Waals surface area contributed by atoms with Gasteiger partial charge < -0.3 is 17.9 Å². The van der Waals surface area contributed by atoms with E-state index >= 15 is 0 Å². The minimum Gasteiger partial charge on any atom is -0.761 e. The molecule has 0 aromatic carbocycles. The molecule has 0 aliphatic carbocycles. The van der Waals surface area contributed by atoms with Crippen LogP contribution in [-0.2, 0) is 12.6 Å². The predicted molar refractivity (Wildman–Crippen MR) is 43.8 cm³/mol. The monoisotopic (exact) mass is 187 g/mol. The van der Waals surface area contributed by atoms with Gasteiger partial charge in [0.15, 0.2) is 0 Å². The van der Waals surface area contributed by atoms with Crippen molar-refractivity contribution < 1.29 is 29.6 Å². The van der Waals surface area contributed by atoms with Gasteiger partial charge in [0, 0.05) is 6.54 Å². The molecule has 0 spiro atoms. The molecule has 0 fully saturated rings. The molecule has 0 atom stereocenters. The van der Waals surface area contributed by atoms with Crippen molar-refractivity contribution in [1.29, 1.82) is 10.5 Å². The first-order valence-electron chi connectivity index (χ1n) is 2.82. The van der Waals surface area contributed by atoms with Crippen LogP contribution in [0.3, 0.4) is 0 Å². The molecule has 56 valence electrons. The molecule has 0 aliphatic rings. The molecule has 0 aliphatic heterocycles. The average Bonchev–Trinajstić information content (AvgIpc) is 2.03. The standard InChI is InChI=1S/C7H7N3S.Na/c1-2-3-10-7(11)6(4-8)5-9;/h2,10-11H,1,3H2;/q;+1/p-1. The number of nitrogens with one attached hydrogen (secondary N) is 1. The molecule has 12 heavy (non-hydrogen) atoms. The summed E-state index contributed by atoms with van der Waals surface area (Å²) >= 11 is 4.70. The largest absolute Gasteiger partial charge is 1.00 e. The van der Waals surface area contributed by atoms with Gasteiger partial charge in [0.25, 0.3) is 0 Å². The van der Waals surface area contributed by atoms with E-state index in [1.807, 2.05) is 0 Å². The van der Waals surface area contributed by atoms with Crippen LogP contribution in [0.5, 0.6) is 0 Å². The smallest absolute Gasteiger partial charge is 0.761 e. The summed E-state index contributed by atoms with van der Waals surface area (Å²) in [5.41, 5.74) is -0.0677. The molecule has 0 amide bonds. The molecule has 1 N–H and O–H groups in total. The summed E-state index contributed by atoms with van der Waals surface area (Å²) in [5.74, 6) is 0. The molecule has 0 aromatic heterocycles. The van der Waals surface area contributed by atoms with Crippen LogP contribution < -0.4 is 34.9 Å². The number of hydrogen-bond donors (Lipinski definition) is 1. The molecule has 0 saturated heterocycles. The number of nitriles is 2. The van der Waals surface area contributed by atoms with E-state index in [9.17, 15) is 0 Å². The minimum absolute atomic E-state index is 0. The summed E-state index contributed by atoms with van der Waals surface area (Å²) in [7, 11) is 0. The Bertz CT molecular complexity index is 243. The molecule has 0 bridgehead atoms.